The zero-order valence-corrected chi connectivity index (χ0v) is 9.77. The molecule has 0 spiro atoms. The van der Waals surface area contributed by atoms with Gasteiger partial charge in [-0.2, -0.15) is 0 Å². The van der Waals surface area contributed by atoms with Gasteiger partial charge >= 0.3 is 0 Å². The molecule has 4 heteroatoms. The minimum atomic E-state index is -0.195. The molecule has 0 aliphatic heterocycles. The summed E-state index contributed by atoms with van der Waals surface area (Å²) in [5.74, 6) is -0.520. The van der Waals surface area contributed by atoms with Crippen LogP contribution in [0.25, 0.3) is 0 Å². The van der Waals surface area contributed by atoms with Crippen molar-refractivity contribution < 1.29 is 19.8 Å². The van der Waals surface area contributed by atoms with Crippen LogP contribution < -0.4 is 0 Å². The Hall–Kier alpha value is -1.84. The van der Waals surface area contributed by atoms with Gasteiger partial charge in [-0.3, -0.25) is 9.59 Å². The average Bonchev–Trinajstić information content (AvgIpc) is 2.30. The average molecular weight is 236 g/mol. The van der Waals surface area contributed by atoms with E-state index in [4.69, 9.17) is 5.11 Å². The normalized spacial score (nSPS) is 10.2. The molecule has 92 valence electrons. The second-order valence-corrected chi connectivity index (χ2v) is 3.93. The summed E-state index contributed by atoms with van der Waals surface area (Å²) in [6, 6.07) is 4.45. The summed E-state index contributed by atoms with van der Waals surface area (Å²) in [7, 11) is 0. The van der Waals surface area contributed by atoms with E-state index in [1.165, 1.54) is 12.1 Å². The highest BCUT2D eigenvalue weighted by Crippen LogP contribution is 2.25. The summed E-state index contributed by atoms with van der Waals surface area (Å²) in [5.41, 5.74) is 0.762. The third-order valence-electron chi connectivity index (χ3n) is 2.52. The summed E-state index contributed by atoms with van der Waals surface area (Å²) in [6.45, 7) is 1.73. The maximum absolute atomic E-state index is 11.4. The second-order valence-electron chi connectivity index (χ2n) is 3.93. The van der Waals surface area contributed by atoms with Gasteiger partial charge in [-0.1, -0.05) is 13.0 Å². The van der Waals surface area contributed by atoms with Crippen LogP contribution in [0.15, 0.2) is 18.2 Å². The van der Waals surface area contributed by atoms with E-state index in [-0.39, 0.29) is 35.9 Å². The first-order chi connectivity index (χ1) is 8.02. The standard InChI is InChI=1S/C13H16O4/c1-2-10(14)8-11(15)5-3-9-4-6-12(16)13(17)7-9/h4,6-7,16-17H,2-3,5,8H2,1H3. The molecule has 1 aromatic carbocycles. The Morgan fingerprint density at radius 2 is 1.82 bits per heavy atom. The number of Topliss-reactive ketones (excluding diaryl/α,β-unsaturated/α-hetero) is 2. The van der Waals surface area contributed by atoms with Crippen LogP contribution in [0.5, 0.6) is 11.5 Å². The zero-order chi connectivity index (χ0) is 12.8. The van der Waals surface area contributed by atoms with Gasteiger partial charge in [0.05, 0.1) is 6.42 Å². The van der Waals surface area contributed by atoms with Crippen LogP contribution in [0.4, 0.5) is 0 Å². The fourth-order valence-electron chi connectivity index (χ4n) is 1.44. The Bertz CT molecular complexity index is 423. The van der Waals surface area contributed by atoms with E-state index in [1.807, 2.05) is 0 Å². The van der Waals surface area contributed by atoms with Crippen LogP contribution in [-0.4, -0.2) is 21.8 Å². The lowest BCUT2D eigenvalue weighted by Crippen LogP contribution is -2.07. The van der Waals surface area contributed by atoms with Gasteiger partial charge in [0.15, 0.2) is 11.5 Å². The number of aryl methyl sites for hydroxylation is 1. The molecule has 0 amide bonds. The van der Waals surface area contributed by atoms with Crippen molar-refractivity contribution in [3.63, 3.8) is 0 Å². The fourth-order valence-corrected chi connectivity index (χ4v) is 1.44. The van der Waals surface area contributed by atoms with Gasteiger partial charge in [0.1, 0.15) is 11.6 Å². The number of phenols is 2. The molecular weight excluding hydrogens is 220 g/mol. The number of carbonyl (C=O) groups excluding carboxylic acids is 2. The van der Waals surface area contributed by atoms with Crippen molar-refractivity contribution >= 4 is 11.6 Å². The van der Waals surface area contributed by atoms with E-state index < -0.39 is 0 Å². The first-order valence-corrected chi connectivity index (χ1v) is 5.57. The number of ketones is 2. The molecule has 1 rings (SSSR count). The Kier molecular flexibility index (Phi) is 4.69. The molecule has 0 aromatic heterocycles. The lowest BCUT2D eigenvalue weighted by atomic mass is 10.0. The zero-order valence-electron chi connectivity index (χ0n) is 9.77. The smallest absolute Gasteiger partial charge is 0.157 e. The summed E-state index contributed by atoms with van der Waals surface area (Å²) in [6.07, 6.45) is 1.10. The summed E-state index contributed by atoms with van der Waals surface area (Å²) >= 11 is 0. The largest absolute Gasteiger partial charge is 0.504 e. The number of hydrogen-bond donors (Lipinski definition) is 2. The molecule has 0 saturated carbocycles. The van der Waals surface area contributed by atoms with Gasteiger partial charge in [-0.25, -0.2) is 0 Å². The maximum atomic E-state index is 11.4. The summed E-state index contributed by atoms with van der Waals surface area (Å²) in [4.78, 5) is 22.4. The van der Waals surface area contributed by atoms with Crippen molar-refractivity contribution in [3.05, 3.63) is 23.8 Å². The van der Waals surface area contributed by atoms with Crippen LogP contribution in [0.3, 0.4) is 0 Å². The van der Waals surface area contributed by atoms with Gasteiger partial charge in [0.2, 0.25) is 0 Å². The number of rotatable bonds is 6. The van der Waals surface area contributed by atoms with Crippen LogP contribution >= 0.6 is 0 Å². The van der Waals surface area contributed by atoms with Crippen molar-refractivity contribution in [1.82, 2.24) is 0 Å². The Labute approximate surface area is 99.9 Å². The topological polar surface area (TPSA) is 74.6 Å². The predicted molar refractivity (Wildman–Crippen MR) is 63.0 cm³/mol. The molecule has 0 aliphatic rings. The van der Waals surface area contributed by atoms with Crippen LogP contribution in [0.1, 0.15) is 31.7 Å². The Morgan fingerprint density at radius 1 is 1.12 bits per heavy atom. The predicted octanol–water partition coefficient (Wildman–Crippen LogP) is 1.97. The Balaban J connectivity index is 2.47. The van der Waals surface area contributed by atoms with Gasteiger partial charge in [0, 0.05) is 12.8 Å². The van der Waals surface area contributed by atoms with Crippen LogP contribution in [0, 0.1) is 0 Å². The molecule has 0 heterocycles. The molecule has 1 aromatic rings. The molecule has 0 fully saturated rings. The molecule has 0 bridgehead atoms. The number of hydrogen-bond acceptors (Lipinski definition) is 4. The third-order valence-corrected chi connectivity index (χ3v) is 2.52. The van der Waals surface area contributed by atoms with Crippen molar-refractivity contribution in [3.8, 4) is 11.5 Å². The van der Waals surface area contributed by atoms with Crippen molar-refractivity contribution in [1.29, 1.82) is 0 Å². The lowest BCUT2D eigenvalue weighted by molar-refractivity contribution is -0.126. The molecule has 0 saturated heterocycles. The van der Waals surface area contributed by atoms with E-state index in [0.29, 0.717) is 12.8 Å². The lowest BCUT2D eigenvalue weighted by Gasteiger charge is -2.03. The number of aromatic hydroxyl groups is 2. The summed E-state index contributed by atoms with van der Waals surface area (Å²) < 4.78 is 0. The van der Waals surface area contributed by atoms with Crippen molar-refractivity contribution in [2.24, 2.45) is 0 Å². The minimum absolute atomic E-state index is 0.0133. The SMILES string of the molecule is CCC(=O)CC(=O)CCc1ccc(O)c(O)c1. The highest BCUT2D eigenvalue weighted by molar-refractivity contribution is 5.98. The first-order valence-electron chi connectivity index (χ1n) is 5.57. The maximum Gasteiger partial charge on any atom is 0.157 e. The second kappa shape index (κ2) is 6.03. The van der Waals surface area contributed by atoms with Gasteiger partial charge < -0.3 is 10.2 Å². The van der Waals surface area contributed by atoms with Gasteiger partial charge in [-0.05, 0) is 24.1 Å². The van der Waals surface area contributed by atoms with Crippen LogP contribution in [-0.2, 0) is 16.0 Å². The molecule has 0 aliphatic carbocycles. The van der Waals surface area contributed by atoms with Gasteiger partial charge in [-0.15, -0.1) is 0 Å². The molecule has 0 atom stereocenters. The first kappa shape index (κ1) is 13.2. The van der Waals surface area contributed by atoms with E-state index in [1.54, 1.807) is 13.0 Å². The van der Waals surface area contributed by atoms with Crippen molar-refractivity contribution in [2.45, 2.75) is 32.6 Å². The van der Waals surface area contributed by atoms with E-state index in [9.17, 15) is 14.7 Å². The van der Waals surface area contributed by atoms with E-state index in [0.717, 1.165) is 5.56 Å². The van der Waals surface area contributed by atoms with E-state index >= 15 is 0 Å². The minimum Gasteiger partial charge on any atom is -0.504 e. The van der Waals surface area contributed by atoms with Gasteiger partial charge in [0.25, 0.3) is 0 Å². The molecule has 17 heavy (non-hydrogen) atoms. The monoisotopic (exact) mass is 236 g/mol. The molecular formula is C13H16O4. The van der Waals surface area contributed by atoms with Crippen molar-refractivity contribution in [2.75, 3.05) is 0 Å². The highest BCUT2D eigenvalue weighted by atomic mass is 16.3. The molecule has 0 unspecified atom stereocenters. The van der Waals surface area contributed by atoms with Crippen LogP contribution in [0.2, 0.25) is 0 Å². The highest BCUT2D eigenvalue weighted by Gasteiger charge is 2.08. The number of carbonyl (C=O) groups is 2. The third kappa shape index (κ3) is 4.26. The fraction of sp³-hybridized carbons (Fsp3) is 0.385. The molecule has 0 radical (unpaired) electrons. The molecule has 2 N–H and O–H groups in total. The Morgan fingerprint density at radius 3 is 2.41 bits per heavy atom. The molecule has 4 nitrogen and oxygen atoms in total. The summed E-state index contributed by atoms with van der Waals surface area (Å²) in [5, 5.41) is 18.4. The number of phenolic OH excluding ortho intramolecular Hbond substituents is 2. The number of benzene rings is 1. The quantitative estimate of drug-likeness (QED) is 0.585. The van der Waals surface area contributed by atoms with E-state index in [2.05, 4.69) is 0 Å².